The number of nitrogens with zero attached hydrogens (tertiary/aromatic N) is 2. The van der Waals surface area contributed by atoms with E-state index in [1.807, 2.05) is 13.8 Å². The van der Waals surface area contributed by atoms with E-state index in [0.29, 0.717) is 17.7 Å². The van der Waals surface area contributed by atoms with E-state index in [1.165, 1.54) is 0 Å². The Labute approximate surface area is 95.4 Å². The number of hydrogen-bond donors (Lipinski definition) is 0. The van der Waals surface area contributed by atoms with E-state index in [0.717, 1.165) is 17.7 Å². The second-order valence-corrected chi connectivity index (χ2v) is 4.18. The van der Waals surface area contributed by atoms with Crippen molar-refractivity contribution in [1.82, 2.24) is 9.80 Å². The summed E-state index contributed by atoms with van der Waals surface area (Å²) in [4.78, 5) is 13.2. The molecule has 1 fully saturated rings. The van der Waals surface area contributed by atoms with E-state index in [-0.39, 0.29) is 19.6 Å². The monoisotopic (exact) mass is 234 g/mol. The summed E-state index contributed by atoms with van der Waals surface area (Å²) in [7, 11) is 0. The van der Waals surface area contributed by atoms with Crippen LogP contribution in [-0.2, 0) is 4.79 Å². The zero-order valence-corrected chi connectivity index (χ0v) is 10.0. The molecule has 0 saturated carbocycles. The molecule has 3 nitrogen and oxygen atoms in total. The zero-order valence-electron chi connectivity index (χ0n) is 10.0. The van der Waals surface area contributed by atoms with Crippen LogP contribution in [0.25, 0.3) is 0 Å². The van der Waals surface area contributed by atoms with Crippen LogP contribution in [0.5, 0.6) is 0 Å². The molecule has 0 aromatic heterocycles. The first-order chi connectivity index (χ1) is 7.54. The molecule has 0 aliphatic carbocycles. The Morgan fingerprint density at radius 1 is 1.19 bits per heavy atom. The average Bonchev–Trinajstić information content (AvgIpc) is 2.44. The van der Waals surface area contributed by atoms with Gasteiger partial charge in [0.1, 0.15) is 0 Å². The molecule has 5 heteroatoms. The summed E-state index contributed by atoms with van der Waals surface area (Å²) in [5.41, 5.74) is 0. The van der Waals surface area contributed by atoms with Gasteiger partial charge in [-0.25, -0.2) is 4.90 Å². The van der Waals surface area contributed by atoms with Crippen molar-refractivity contribution in [2.24, 2.45) is 0 Å². The van der Waals surface area contributed by atoms with Crippen LogP contribution in [0, 0.1) is 0 Å². The topological polar surface area (TPSA) is 23.6 Å². The minimum Gasteiger partial charge on any atom is -0.273 e. The number of amides is 1. The lowest BCUT2D eigenvalue weighted by molar-refractivity contribution is -0.210. The van der Waals surface area contributed by atoms with Gasteiger partial charge in [0.05, 0.1) is 6.54 Å². The van der Waals surface area contributed by atoms with Crippen LogP contribution in [-0.4, -0.2) is 41.5 Å². The molecule has 0 atom stereocenters. The molecule has 94 valence electrons. The molecule has 0 aromatic rings. The number of rotatable bonds is 6. The van der Waals surface area contributed by atoms with Crippen LogP contribution in [0.4, 0.5) is 8.78 Å². The number of alkyl halides is 2. The van der Waals surface area contributed by atoms with Gasteiger partial charge in [-0.2, -0.15) is 8.78 Å². The molecule has 1 heterocycles. The Morgan fingerprint density at radius 2 is 1.75 bits per heavy atom. The first kappa shape index (κ1) is 13.4. The summed E-state index contributed by atoms with van der Waals surface area (Å²) in [6, 6.07) is 0. The van der Waals surface area contributed by atoms with E-state index >= 15 is 0 Å². The molecular formula is C11H20F2N2O. The zero-order chi connectivity index (χ0) is 12.2. The van der Waals surface area contributed by atoms with Crippen LogP contribution < -0.4 is 0 Å². The third-order valence-corrected chi connectivity index (χ3v) is 2.85. The fourth-order valence-electron chi connectivity index (χ4n) is 1.80. The highest BCUT2D eigenvalue weighted by Gasteiger charge is 2.52. The fraction of sp³-hybridized carbons (Fsp3) is 0.909. The fourth-order valence-corrected chi connectivity index (χ4v) is 1.80. The van der Waals surface area contributed by atoms with Crippen molar-refractivity contribution in [1.29, 1.82) is 0 Å². The molecule has 0 unspecified atom stereocenters. The molecule has 1 rings (SSSR count). The molecule has 0 spiro atoms. The molecule has 1 amide bonds. The number of carbonyl (C=O) groups is 1. The highest BCUT2D eigenvalue weighted by atomic mass is 19.3. The SMILES string of the molecule is CCCCN1CC(=O)N(CCCC)C1(F)F. The van der Waals surface area contributed by atoms with Crippen molar-refractivity contribution in [2.75, 3.05) is 19.6 Å². The summed E-state index contributed by atoms with van der Waals surface area (Å²) in [5.74, 6) is -0.449. The molecule has 1 aliphatic heterocycles. The second-order valence-electron chi connectivity index (χ2n) is 4.18. The van der Waals surface area contributed by atoms with Gasteiger partial charge in [0, 0.05) is 13.1 Å². The van der Waals surface area contributed by atoms with Crippen molar-refractivity contribution >= 4 is 5.91 Å². The normalized spacial score (nSPS) is 20.8. The van der Waals surface area contributed by atoms with Gasteiger partial charge in [0.2, 0.25) is 5.91 Å². The lowest BCUT2D eigenvalue weighted by Crippen LogP contribution is -2.47. The molecule has 0 bridgehead atoms. The van der Waals surface area contributed by atoms with E-state index in [4.69, 9.17) is 0 Å². The molecule has 0 N–H and O–H groups in total. The minimum absolute atomic E-state index is 0.142. The smallest absolute Gasteiger partial charge is 0.273 e. The molecular weight excluding hydrogens is 214 g/mol. The van der Waals surface area contributed by atoms with E-state index in [2.05, 4.69) is 0 Å². The van der Waals surface area contributed by atoms with Crippen molar-refractivity contribution in [2.45, 2.75) is 45.7 Å². The summed E-state index contributed by atoms with van der Waals surface area (Å²) < 4.78 is 27.6. The summed E-state index contributed by atoms with van der Waals surface area (Å²) in [5, 5.41) is 0. The Hall–Kier alpha value is -0.710. The average molecular weight is 234 g/mol. The van der Waals surface area contributed by atoms with Crippen molar-refractivity contribution < 1.29 is 13.6 Å². The molecule has 1 aliphatic rings. The molecule has 0 aromatic carbocycles. The second kappa shape index (κ2) is 5.57. The molecule has 16 heavy (non-hydrogen) atoms. The quantitative estimate of drug-likeness (QED) is 0.658. The predicted octanol–water partition coefficient (Wildman–Crippen LogP) is 2.28. The Morgan fingerprint density at radius 3 is 2.31 bits per heavy atom. The van der Waals surface area contributed by atoms with Gasteiger partial charge in [-0.3, -0.25) is 9.69 Å². The van der Waals surface area contributed by atoms with Crippen molar-refractivity contribution in [3.8, 4) is 0 Å². The first-order valence-corrected chi connectivity index (χ1v) is 5.97. The lowest BCUT2D eigenvalue weighted by atomic mass is 10.3. The summed E-state index contributed by atoms with van der Waals surface area (Å²) >= 11 is 0. The third-order valence-electron chi connectivity index (χ3n) is 2.85. The number of halogens is 2. The Bertz CT molecular complexity index is 246. The van der Waals surface area contributed by atoms with Crippen LogP contribution in [0.15, 0.2) is 0 Å². The number of unbranched alkanes of at least 4 members (excludes halogenated alkanes) is 2. The number of carbonyl (C=O) groups excluding carboxylic acids is 1. The van der Waals surface area contributed by atoms with Crippen molar-refractivity contribution in [3.63, 3.8) is 0 Å². The summed E-state index contributed by atoms with van der Waals surface area (Å²) in [6.45, 7) is 4.18. The van der Waals surface area contributed by atoms with Crippen LogP contribution >= 0.6 is 0 Å². The molecule has 0 radical (unpaired) electrons. The number of hydrogen-bond acceptors (Lipinski definition) is 2. The maximum Gasteiger partial charge on any atom is 0.394 e. The van der Waals surface area contributed by atoms with Crippen LogP contribution in [0.3, 0.4) is 0 Å². The third kappa shape index (κ3) is 2.70. The van der Waals surface area contributed by atoms with Gasteiger partial charge >= 0.3 is 6.17 Å². The van der Waals surface area contributed by atoms with E-state index in [9.17, 15) is 13.6 Å². The summed E-state index contributed by atoms with van der Waals surface area (Å²) in [6.07, 6.45) is -0.0839. The van der Waals surface area contributed by atoms with Crippen LogP contribution in [0.1, 0.15) is 39.5 Å². The predicted molar refractivity (Wildman–Crippen MR) is 58.0 cm³/mol. The maximum absolute atomic E-state index is 13.8. The highest BCUT2D eigenvalue weighted by molar-refractivity contribution is 5.80. The van der Waals surface area contributed by atoms with Gasteiger partial charge < -0.3 is 0 Å². The Kier molecular flexibility index (Phi) is 4.65. The largest absolute Gasteiger partial charge is 0.394 e. The van der Waals surface area contributed by atoms with Gasteiger partial charge in [0.15, 0.2) is 0 Å². The maximum atomic E-state index is 13.8. The van der Waals surface area contributed by atoms with Crippen LogP contribution in [0.2, 0.25) is 0 Å². The van der Waals surface area contributed by atoms with Crippen molar-refractivity contribution in [3.05, 3.63) is 0 Å². The van der Waals surface area contributed by atoms with E-state index in [1.54, 1.807) is 0 Å². The van der Waals surface area contributed by atoms with Gasteiger partial charge in [-0.1, -0.05) is 26.7 Å². The first-order valence-electron chi connectivity index (χ1n) is 5.97. The minimum atomic E-state index is -3.08. The molecule has 1 saturated heterocycles. The standard InChI is InChI=1S/C11H20F2N2O/c1-3-5-7-14-9-10(16)15(8-6-4-2)11(14,12)13/h3-9H2,1-2H3. The highest BCUT2D eigenvalue weighted by Crippen LogP contribution is 2.31. The van der Waals surface area contributed by atoms with Gasteiger partial charge in [0.25, 0.3) is 0 Å². The van der Waals surface area contributed by atoms with Gasteiger partial charge in [-0.15, -0.1) is 0 Å². The Balaban J connectivity index is 2.61. The van der Waals surface area contributed by atoms with Gasteiger partial charge in [-0.05, 0) is 12.8 Å². The lowest BCUT2D eigenvalue weighted by Gasteiger charge is -2.28. The van der Waals surface area contributed by atoms with E-state index < -0.39 is 12.1 Å².